The minimum atomic E-state index is -0.358. The summed E-state index contributed by atoms with van der Waals surface area (Å²) < 4.78 is 5.94. The largest absolute Gasteiger partial charge is 0.459 e. The number of furan rings is 1. The van der Waals surface area contributed by atoms with Crippen LogP contribution in [0, 0.1) is 0 Å². The molecule has 0 fully saturated rings. The summed E-state index contributed by atoms with van der Waals surface area (Å²) in [5, 5.41) is 8.06. The molecule has 0 radical (unpaired) electrons. The molecular formula is C23H15N3O3S. The third kappa shape index (κ3) is 3.42. The number of anilines is 2. The molecule has 30 heavy (non-hydrogen) atoms. The number of benzene rings is 3. The minimum absolute atomic E-state index is 0.179. The van der Waals surface area contributed by atoms with Crippen LogP contribution in [0.3, 0.4) is 0 Å². The molecule has 2 heterocycles. The molecule has 5 aromatic rings. The van der Waals surface area contributed by atoms with Crippen LogP contribution in [0.5, 0.6) is 0 Å². The Kier molecular flexibility index (Phi) is 4.49. The van der Waals surface area contributed by atoms with Gasteiger partial charge in [0, 0.05) is 11.3 Å². The van der Waals surface area contributed by atoms with Gasteiger partial charge in [-0.1, -0.05) is 47.7 Å². The summed E-state index contributed by atoms with van der Waals surface area (Å²) in [5.41, 5.74) is 2.01. The van der Waals surface area contributed by atoms with Crippen LogP contribution in [-0.4, -0.2) is 16.8 Å². The normalized spacial score (nSPS) is 10.9. The molecule has 2 amide bonds. The number of hydrogen-bond donors (Lipinski definition) is 2. The molecule has 0 saturated heterocycles. The lowest BCUT2D eigenvalue weighted by atomic mass is 10.0. The molecule has 0 aliphatic carbocycles. The Morgan fingerprint density at radius 3 is 2.60 bits per heavy atom. The van der Waals surface area contributed by atoms with Gasteiger partial charge >= 0.3 is 0 Å². The zero-order chi connectivity index (χ0) is 20.5. The van der Waals surface area contributed by atoms with Crippen molar-refractivity contribution < 1.29 is 14.0 Å². The van der Waals surface area contributed by atoms with Crippen LogP contribution in [0.4, 0.5) is 10.8 Å². The second kappa shape index (κ2) is 7.46. The van der Waals surface area contributed by atoms with Gasteiger partial charge in [-0.25, -0.2) is 4.98 Å². The summed E-state index contributed by atoms with van der Waals surface area (Å²) in [6, 6.07) is 22.1. The first kappa shape index (κ1) is 18.1. The van der Waals surface area contributed by atoms with E-state index in [4.69, 9.17) is 4.42 Å². The molecule has 7 heteroatoms. The van der Waals surface area contributed by atoms with E-state index in [1.165, 1.54) is 17.6 Å². The van der Waals surface area contributed by atoms with Crippen molar-refractivity contribution in [2.75, 3.05) is 10.6 Å². The molecule has 6 nitrogen and oxygen atoms in total. The number of nitrogens with one attached hydrogen (secondary N) is 2. The van der Waals surface area contributed by atoms with E-state index in [0.717, 1.165) is 21.0 Å². The third-order valence-electron chi connectivity index (χ3n) is 4.65. The number of aromatic nitrogens is 1. The van der Waals surface area contributed by atoms with Crippen molar-refractivity contribution in [3.63, 3.8) is 0 Å². The maximum absolute atomic E-state index is 12.9. The van der Waals surface area contributed by atoms with Crippen molar-refractivity contribution in [2.45, 2.75) is 0 Å². The lowest BCUT2D eigenvalue weighted by molar-refractivity contribution is 0.0994. The first-order chi connectivity index (χ1) is 14.7. The standard InChI is InChI=1S/C23H15N3O3S/c27-21(17-8-3-6-14-5-1-2-7-16(14)17)24-15-10-11-18-20(13-15)30-23(25-18)26-22(28)19-9-4-12-29-19/h1-13H,(H,24,27)(H,25,26,28). The van der Waals surface area contributed by atoms with Gasteiger partial charge in [0.15, 0.2) is 10.9 Å². The van der Waals surface area contributed by atoms with Gasteiger partial charge in [0.2, 0.25) is 0 Å². The second-order valence-corrected chi connectivity index (χ2v) is 7.64. The van der Waals surface area contributed by atoms with Gasteiger partial charge in [-0.3, -0.25) is 14.9 Å². The smallest absolute Gasteiger partial charge is 0.293 e. The quantitative estimate of drug-likeness (QED) is 0.405. The Balaban J connectivity index is 1.38. The van der Waals surface area contributed by atoms with Crippen LogP contribution >= 0.6 is 11.3 Å². The molecule has 0 aliphatic rings. The lowest BCUT2D eigenvalue weighted by Gasteiger charge is -2.08. The molecular weight excluding hydrogens is 398 g/mol. The summed E-state index contributed by atoms with van der Waals surface area (Å²) in [5.74, 6) is -0.317. The van der Waals surface area contributed by atoms with Crippen LogP contribution in [0.25, 0.3) is 21.0 Å². The van der Waals surface area contributed by atoms with Gasteiger partial charge < -0.3 is 9.73 Å². The maximum atomic E-state index is 12.9. The predicted molar refractivity (Wildman–Crippen MR) is 118 cm³/mol. The van der Waals surface area contributed by atoms with Crippen LogP contribution < -0.4 is 10.6 Å². The topological polar surface area (TPSA) is 84.2 Å². The summed E-state index contributed by atoms with van der Waals surface area (Å²) >= 11 is 1.33. The van der Waals surface area contributed by atoms with Gasteiger partial charge in [-0.15, -0.1) is 0 Å². The van der Waals surface area contributed by atoms with E-state index in [1.807, 2.05) is 54.6 Å². The average molecular weight is 413 g/mol. The fraction of sp³-hybridized carbons (Fsp3) is 0. The number of amides is 2. The van der Waals surface area contributed by atoms with Crippen LogP contribution in [0.15, 0.2) is 83.5 Å². The lowest BCUT2D eigenvalue weighted by Crippen LogP contribution is -2.12. The number of rotatable bonds is 4. The minimum Gasteiger partial charge on any atom is -0.459 e. The number of hydrogen-bond acceptors (Lipinski definition) is 5. The second-order valence-electron chi connectivity index (χ2n) is 6.61. The molecule has 2 N–H and O–H groups in total. The predicted octanol–water partition coefficient (Wildman–Crippen LogP) is 5.55. The van der Waals surface area contributed by atoms with Gasteiger partial charge in [0.1, 0.15) is 0 Å². The monoisotopic (exact) mass is 413 g/mol. The van der Waals surface area contributed by atoms with Crippen molar-refractivity contribution in [3.05, 3.63) is 90.4 Å². The number of fused-ring (bicyclic) bond motifs is 2. The van der Waals surface area contributed by atoms with E-state index < -0.39 is 0 Å². The third-order valence-corrected chi connectivity index (χ3v) is 5.58. The summed E-state index contributed by atoms with van der Waals surface area (Å²) in [6.07, 6.45) is 1.44. The first-order valence-corrected chi connectivity index (χ1v) is 10.0. The van der Waals surface area contributed by atoms with Crippen molar-refractivity contribution in [1.29, 1.82) is 0 Å². The first-order valence-electron chi connectivity index (χ1n) is 9.22. The SMILES string of the molecule is O=C(Nc1nc2ccc(NC(=O)c3cccc4ccccc34)cc2s1)c1ccco1. The molecule has 0 spiro atoms. The Morgan fingerprint density at radius 1 is 0.867 bits per heavy atom. The van der Waals surface area contributed by atoms with Crippen molar-refractivity contribution in [3.8, 4) is 0 Å². The molecule has 0 aliphatic heterocycles. The molecule has 3 aromatic carbocycles. The number of nitrogens with zero attached hydrogens (tertiary/aromatic N) is 1. The fourth-order valence-corrected chi connectivity index (χ4v) is 4.14. The molecule has 0 atom stereocenters. The van der Waals surface area contributed by atoms with Crippen molar-refractivity contribution in [2.24, 2.45) is 0 Å². The molecule has 146 valence electrons. The summed E-state index contributed by atoms with van der Waals surface area (Å²) in [6.45, 7) is 0. The van der Waals surface area contributed by atoms with E-state index in [2.05, 4.69) is 15.6 Å². The summed E-state index contributed by atoms with van der Waals surface area (Å²) in [7, 11) is 0. The highest BCUT2D eigenvalue weighted by atomic mass is 32.1. The van der Waals surface area contributed by atoms with Crippen molar-refractivity contribution in [1.82, 2.24) is 4.98 Å². The number of carbonyl (C=O) groups is 2. The van der Waals surface area contributed by atoms with Crippen LogP contribution in [0.2, 0.25) is 0 Å². The zero-order valence-electron chi connectivity index (χ0n) is 15.6. The molecule has 2 aromatic heterocycles. The summed E-state index contributed by atoms with van der Waals surface area (Å²) in [4.78, 5) is 29.4. The Morgan fingerprint density at radius 2 is 1.73 bits per heavy atom. The van der Waals surface area contributed by atoms with E-state index in [0.29, 0.717) is 16.4 Å². The molecule has 5 rings (SSSR count). The zero-order valence-corrected chi connectivity index (χ0v) is 16.4. The number of carbonyl (C=O) groups excluding carboxylic acids is 2. The molecule has 0 bridgehead atoms. The van der Waals surface area contributed by atoms with E-state index >= 15 is 0 Å². The Hall–Kier alpha value is -3.97. The van der Waals surface area contributed by atoms with E-state index in [1.54, 1.807) is 18.2 Å². The fourth-order valence-electron chi connectivity index (χ4n) is 3.24. The van der Waals surface area contributed by atoms with Crippen LogP contribution in [-0.2, 0) is 0 Å². The Bertz CT molecular complexity index is 1380. The van der Waals surface area contributed by atoms with E-state index in [-0.39, 0.29) is 17.6 Å². The number of thiazole rings is 1. The van der Waals surface area contributed by atoms with Gasteiger partial charge in [0.05, 0.1) is 16.5 Å². The molecule has 0 unspecified atom stereocenters. The maximum Gasteiger partial charge on any atom is 0.293 e. The average Bonchev–Trinajstić information content (AvgIpc) is 3.42. The highest BCUT2D eigenvalue weighted by Crippen LogP contribution is 2.29. The van der Waals surface area contributed by atoms with Gasteiger partial charge in [-0.2, -0.15) is 0 Å². The molecule has 0 saturated carbocycles. The van der Waals surface area contributed by atoms with Crippen molar-refractivity contribution >= 4 is 55.0 Å². The highest BCUT2D eigenvalue weighted by Gasteiger charge is 2.14. The van der Waals surface area contributed by atoms with E-state index in [9.17, 15) is 9.59 Å². The Labute approximate surface area is 175 Å². The van der Waals surface area contributed by atoms with Gasteiger partial charge in [0.25, 0.3) is 11.8 Å². The van der Waals surface area contributed by atoms with Crippen LogP contribution in [0.1, 0.15) is 20.9 Å². The van der Waals surface area contributed by atoms with Gasteiger partial charge in [-0.05, 0) is 47.2 Å². The highest BCUT2D eigenvalue weighted by molar-refractivity contribution is 7.22.